The van der Waals surface area contributed by atoms with Gasteiger partial charge in [0.2, 0.25) is 0 Å². The SMILES string of the molecule is C1CON[N]1. The van der Waals surface area contributed by atoms with Gasteiger partial charge in [-0.3, -0.25) is 4.84 Å². The van der Waals surface area contributed by atoms with Gasteiger partial charge in [0, 0.05) is 0 Å². The van der Waals surface area contributed by atoms with Gasteiger partial charge in [0.05, 0.1) is 13.2 Å². The van der Waals surface area contributed by atoms with Crippen LogP contribution in [0.3, 0.4) is 0 Å². The molecule has 0 aromatic rings. The number of hydrogen-bond donors (Lipinski definition) is 1. The molecule has 0 amide bonds. The average molecular weight is 73.1 g/mol. The maximum atomic E-state index is 4.53. The molecule has 0 unspecified atom stereocenters. The number of rotatable bonds is 0. The van der Waals surface area contributed by atoms with E-state index >= 15 is 0 Å². The Bertz CT molecular complexity index is 19.2. The van der Waals surface area contributed by atoms with Gasteiger partial charge in [0.15, 0.2) is 0 Å². The molecule has 1 rings (SSSR count). The van der Waals surface area contributed by atoms with Gasteiger partial charge in [0.1, 0.15) is 0 Å². The lowest BCUT2D eigenvalue weighted by Gasteiger charge is -1.78. The fraction of sp³-hybridized carbons (Fsp3) is 1.00. The number of hydrogen-bond acceptors (Lipinski definition) is 2. The zero-order valence-corrected chi connectivity index (χ0v) is 2.77. The van der Waals surface area contributed by atoms with Crippen molar-refractivity contribution in [1.29, 1.82) is 0 Å². The van der Waals surface area contributed by atoms with Gasteiger partial charge < -0.3 is 0 Å². The van der Waals surface area contributed by atoms with Crippen molar-refractivity contribution in [3.05, 3.63) is 0 Å². The zero-order chi connectivity index (χ0) is 3.54. The molecule has 3 heteroatoms. The second-order valence-corrected chi connectivity index (χ2v) is 0.821. The van der Waals surface area contributed by atoms with Crippen molar-refractivity contribution in [3.8, 4) is 0 Å². The lowest BCUT2D eigenvalue weighted by molar-refractivity contribution is 0.0838. The Balaban J connectivity index is 2.08. The highest BCUT2D eigenvalue weighted by molar-refractivity contribution is 4.34. The van der Waals surface area contributed by atoms with Crippen LogP contribution in [0, 0.1) is 0 Å². The highest BCUT2D eigenvalue weighted by atomic mass is 16.7. The first-order valence-electron chi connectivity index (χ1n) is 1.53. The number of nitrogens with one attached hydrogen (secondary N) is 1. The molecular weight excluding hydrogens is 68.0 g/mol. The monoisotopic (exact) mass is 73.0 g/mol. The van der Waals surface area contributed by atoms with Crippen LogP contribution in [0.1, 0.15) is 0 Å². The van der Waals surface area contributed by atoms with Gasteiger partial charge in [-0.25, -0.2) is 0 Å². The Labute approximate surface area is 30.2 Å². The molecule has 0 saturated carbocycles. The molecule has 1 fully saturated rings. The summed E-state index contributed by atoms with van der Waals surface area (Å²) in [5, 5.41) is 0. The van der Waals surface area contributed by atoms with Crippen LogP contribution >= 0.6 is 0 Å². The van der Waals surface area contributed by atoms with Crippen LogP contribution in [0.15, 0.2) is 0 Å². The topological polar surface area (TPSA) is 35.4 Å². The van der Waals surface area contributed by atoms with Crippen molar-refractivity contribution >= 4 is 0 Å². The fourth-order valence-electron chi connectivity index (χ4n) is 0.228. The molecule has 29 valence electrons. The van der Waals surface area contributed by atoms with E-state index in [2.05, 4.69) is 15.9 Å². The van der Waals surface area contributed by atoms with E-state index in [1.165, 1.54) is 0 Å². The van der Waals surface area contributed by atoms with Crippen molar-refractivity contribution in [3.63, 3.8) is 0 Å². The minimum Gasteiger partial charge on any atom is -0.284 e. The third-order valence-electron chi connectivity index (χ3n) is 0.434. The first-order valence-corrected chi connectivity index (χ1v) is 1.53. The Kier molecular flexibility index (Phi) is 0.834. The fourth-order valence-corrected chi connectivity index (χ4v) is 0.228. The number of nitrogens with zero attached hydrogens (tertiary/aromatic N) is 1. The van der Waals surface area contributed by atoms with Crippen LogP contribution in [-0.4, -0.2) is 13.2 Å². The van der Waals surface area contributed by atoms with E-state index in [1.807, 2.05) is 0 Å². The Hall–Kier alpha value is -0.120. The molecule has 0 aromatic carbocycles. The van der Waals surface area contributed by atoms with Crippen molar-refractivity contribution in [2.75, 3.05) is 13.2 Å². The molecule has 0 spiro atoms. The first kappa shape index (κ1) is 3.08. The minimum atomic E-state index is 0.722. The summed E-state index contributed by atoms with van der Waals surface area (Å²) < 4.78 is 0. The van der Waals surface area contributed by atoms with E-state index in [9.17, 15) is 0 Å². The van der Waals surface area contributed by atoms with Gasteiger partial charge in [-0.2, -0.15) is 0 Å². The van der Waals surface area contributed by atoms with E-state index < -0.39 is 0 Å². The predicted octanol–water partition coefficient (Wildman–Crippen LogP) is -0.959. The Morgan fingerprint density at radius 1 is 1.80 bits per heavy atom. The quantitative estimate of drug-likeness (QED) is 0.401. The highest BCUT2D eigenvalue weighted by Gasteiger charge is 1.93. The smallest absolute Gasteiger partial charge is 0.0856 e. The van der Waals surface area contributed by atoms with E-state index in [-0.39, 0.29) is 0 Å². The molecule has 1 aliphatic heterocycles. The van der Waals surface area contributed by atoms with Crippen molar-refractivity contribution in [2.45, 2.75) is 0 Å². The zero-order valence-electron chi connectivity index (χ0n) is 2.77. The first-order chi connectivity index (χ1) is 2.50. The second kappa shape index (κ2) is 1.35. The summed E-state index contributed by atoms with van der Waals surface area (Å²) in [4.78, 5) is 4.53. The molecule has 0 bridgehead atoms. The molecule has 5 heavy (non-hydrogen) atoms. The maximum Gasteiger partial charge on any atom is 0.0856 e. The van der Waals surface area contributed by atoms with E-state index in [4.69, 9.17) is 0 Å². The molecule has 1 heterocycles. The predicted molar refractivity (Wildman–Crippen MR) is 16.1 cm³/mol. The maximum absolute atomic E-state index is 4.53. The van der Waals surface area contributed by atoms with Crippen LogP contribution in [0.4, 0.5) is 0 Å². The Morgan fingerprint density at radius 2 is 2.80 bits per heavy atom. The highest BCUT2D eigenvalue weighted by Crippen LogP contribution is 1.70. The molecule has 1 radical (unpaired) electrons. The largest absolute Gasteiger partial charge is 0.284 e. The third kappa shape index (κ3) is 0.576. The second-order valence-electron chi connectivity index (χ2n) is 0.821. The standard InChI is InChI=1S/C2H5N2O/c1-2-5-4-3-1/h4H,1-2H2. The third-order valence-corrected chi connectivity index (χ3v) is 0.434. The van der Waals surface area contributed by atoms with E-state index in [1.54, 1.807) is 0 Å². The summed E-state index contributed by atoms with van der Waals surface area (Å²) in [5.41, 5.74) is 5.96. The normalized spacial score (nSPS) is 24.0. The van der Waals surface area contributed by atoms with Gasteiger partial charge in [0.25, 0.3) is 0 Å². The molecule has 1 N–H and O–H groups in total. The van der Waals surface area contributed by atoms with Crippen molar-refractivity contribution in [1.82, 2.24) is 11.0 Å². The van der Waals surface area contributed by atoms with Gasteiger partial charge in [-0.1, -0.05) is 0 Å². The van der Waals surface area contributed by atoms with Gasteiger partial charge >= 0.3 is 0 Å². The summed E-state index contributed by atoms with van der Waals surface area (Å²) in [5.74, 6) is 0. The lowest BCUT2D eigenvalue weighted by Crippen LogP contribution is -2.11. The van der Waals surface area contributed by atoms with Gasteiger partial charge in [-0.15, -0.1) is 11.0 Å². The van der Waals surface area contributed by atoms with Crippen LogP contribution in [0.5, 0.6) is 0 Å². The summed E-state index contributed by atoms with van der Waals surface area (Å²) >= 11 is 0. The van der Waals surface area contributed by atoms with Crippen LogP contribution in [0.2, 0.25) is 0 Å². The Morgan fingerprint density at radius 3 is 3.00 bits per heavy atom. The van der Waals surface area contributed by atoms with Crippen molar-refractivity contribution < 1.29 is 4.84 Å². The molecular formula is C2H5N2O. The summed E-state index contributed by atoms with van der Waals surface area (Å²) in [6.07, 6.45) is 0. The molecule has 0 aliphatic carbocycles. The molecule has 1 aliphatic rings. The molecule has 0 aromatic heterocycles. The van der Waals surface area contributed by atoms with Crippen LogP contribution in [0.25, 0.3) is 0 Å². The molecule has 1 saturated heterocycles. The van der Waals surface area contributed by atoms with Crippen LogP contribution < -0.4 is 11.0 Å². The van der Waals surface area contributed by atoms with Crippen LogP contribution in [-0.2, 0) is 4.84 Å². The van der Waals surface area contributed by atoms with E-state index in [0.29, 0.717) is 0 Å². The lowest BCUT2D eigenvalue weighted by atomic mass is 10.8. The minimum absolute atomic E-state index is 0.722. The summed E-state index contributed by atoms with van der Waals surface area (Å²) in [6.45, 7) is 1.51. The average Bonchev–Trinajstić information content (AvgIpc) is 1.76. The molecule has 0 atom stereocenters. The summed E-state index contributed by atoms with van der Waals surface area (Å²) in [6, 6.07) is 0. The van der Waals surface area contributed by atoms with Gasteiger partial charge in [-0.05, 0) is 0 Å². The van der Waals surface area contributed by atoms with Crippen molar-refractivity contribution in [2.24, 2.45) is 0 Å². The summed E-state index contributed by atoms with van der Waals surface area (Å²) in [7, 11) is 0. The van der Waals surface area contributed by atoms with E-state index in [0.717, 1.165) is 13.2 Å². The molecule has 3 nitrogen and oxygen atoms in total.